The summed E-state index contributed by atoms with van der Waals surface area (Å²) in [6.07, 6.45) is -0.746. The number of hydrogen-bond acceptors (Lipinski definition) is 4. The van der Waals surface area contributed by atoms with Crippen LogP contribution in [0, 0.1) is 5.92 Å². The van der Waals surface area contributed by atoms with E-state index in [0.29, 0.717) is 11.5 Å². The van der Waals surface area contributed by atoms with Crippen LogP contribution in [0.4, 0.5) is 0 Å². The van der Waals surface area contributed by atoms with Crippen LogP contribution in [0.25, 0.3) is 0 Å². The third-order valence-electron chi connectivity index (χ3n) is 3.33. The zero-order valence-electron chi connectivity index (χ0n) is 13.1. The summed E-state index contributed by atoms with van der Waals surface area (Å²) in [6, 6.07) is 14.8. The summed E-state index contributed by atoms with van der Waals surface area (Å²) in [7, 11) is 0. The van der Waals surface area contributed by atoms with Gasteiger partial charge >= 0.3 is 11.9 Å². The van der Waals surface area contributed by atoms with Crippen molar-refractivity contribution < 1.29 is 29.3 Å². The van der Waals surface area contributed by atoms with Crippen molar-refractivity contribution >= 4 is 11.9 Å². The molecule has 0 amide bonds. The van der Waals surface area contributed by atoms with Crippen molar-refractivity contribution in [1.29, 1.82) is 0 Å². The third kappa shape index (κ3) is 5.01. The molecule has 0 bridgehead atoms. The van der Waals surface area contributed by atoms with Gasteiger partial charge in [-0.1, -0.05) is 31.2 Å². The lowest BCUT2D eigenvalue weighted by Gasteiger charge is -2.22. The zero-order valence-corrected chi connectivity index (χ0v) is 13.1. The highest BCUT2D eigenvalue weighted by Gasteiger charge is 2.21. The summed E-state index contributed by atoms with van der Waals surface area (Å²) in [4.78, 5) is 22.1. The first-order valence-electron chi connectivity index (χ1n) is 7.40. The molecule has 2 N–H and O–H groups in total. The lowest BCUT2D eigenvalue weighted by atomic mass is 10.1. The molecule has 24 heavy (non-hydrogen) atoms. The Bertz CT molecular complexity index is 698. The van der Waals surface area contributed by atoms with Crippen molar-refractivity contribution in [2.75, 3.05) is 0 Å². The summed E-state index contributed by atoms with van der Waals surface area (Å²) >= 11 is 0. The Labute approximate surface area is 139 Å². The van der Waals surface area contributed by atoms with Crippen LogP contribution in [0.15, 0.2) is 54.6 Å². The number of carboxylic acid groups (broad SMARTS) is 2. The maximum atomic E-state index is 11.1. The first kappa shape index (κ1) is 17.3. The second-order valence-electron chi connectivity index (χ2n) is 5.29. The van der Waals surface area contributed by atoms with Gasteiger partial charge in [-0.2, -0.15) is 0 Å². The van der Waals surface area contributed by atoms with Crippen LogP contribution in [-0.2, 0) is 4.79 Å². The first-order chi connectivity index (χ1) is 11.5. The van der Waals surface area contributed by atoms with Gasteiger partial charge in [0.05, 0.1) is 11.5 Å². The Morgan fingerprint density at radius 2 is 1.58 bits per heavy atom. The van der Waals surface area contributed by atoms with Gasteiger partial charge in [-0.05, 0) is 30.3 Å². The van der Waals surface area contributed by atoms with Gasteiger partial charge in [-0.15, -0.1) is 0 Å². The highest BCUT2D eigenvalue weighted by molar-refractivity contribution is 5.88. The van der Waals surface area contributed by atoms with Crippen molar-refractivity contribution in [3.05, 3.63) is 60.2 Å². The summed E-state index contributed by atoms with van der Waals surface area (Å²) in [6.45, 7) is 1.56. The topological polar surface area (TPSA) is 93.1 Å². The second-order valence-corrected chi connectivity index (χ2v) is 5.29. The molecular weight excluding hydrogens is 312 g/mol. The minimum Gasteiger partial charge on any atom is -0.481 e. The van der Waals surface area contributed by atoms with E-state index in [1.807, 2.05) is 6.07 Å². The number of carbonyl (C=O) groups is 2. The zero-order chi connectivity index (χ0) is 17.5. The van der Waals surface area contributed by atoms with Gasteiger partial charge in [-0.25, -0.2) is 4.79 Å². The van der Waals surface area contributed by atoms with Crippen molar-refractivity contribution in [3.8, 4) is 11.5 Å². The molecular formula is C18H18O6. The van der Waals surface area contributed by atoms with Gasteiger partial charge in [0.2, 0.25) is 6.29 Å². The van der Waals surface area contributed by atoms with E-state index >= 15 is 0 Å². The molecule has 0 spiro atoms. The molecule has 6 heteroatoms. The number of rotatable bonds is 8. The van der Waals surface area contributed by atoms with E-state index in [-0.39, 0.29) is 12.0 Å². The van der Waals surface area contributed by atoms with E-state index in [4.69, 9.17) is 19.7 Å². The van der Waals surface area contributed by atoms with Crippen LogP contribution in [0.5, 0.6) is 11.5 Å². The maximum absolute atomic E-state index is 11.1. The minimum atomic E-state index is -1.07. The van der Waals surface area contributed by atoms with Crippen molar-refractivity contribution in [2.45, 2.75) is 19.6 Å². The summed E-state index contributed by atoms with van der Waals surface area (Å²) < 4.78 is 11.4. The Balaban J connectivity index is 2.17. The fraction of sp³-hybridized carbons (Fsp3) is 0.222. The van der Waals surface area contributed by atoms with Crippen LogP contribution in [0.2, 0.25) is 0 Å². The Morgan fingerprint density at radius 3 is 2.21 bits per heavy atom. The molecule has 0 aliphatic rings. The normalized spacial score (nSPS) is 12.9. The van der Waals surface area contributed by atoms with E-state index in [1.165, 1.54) is 12.1 Å². The molecule has 0 heterocycles. The predicted octanol–water partition coefficient (Wildman–Crippen LogP) is 3.28. The molecule has 2 rings (SSSR count). The molecule has 2 aromatic rings. The molecule has 126 valence electrons. The summed E-state index contributed by atoms with van der Waals surface area (Å²) in [5.41, 5.74) is 0.0808. The number of ether oxygens (including phenoxy) is 2. The van der Waals surface area contributed by atoms with Gasteiger partial charge in [0.15, 0.2) is 0 Å². The monoisotopic (exact) mass is 330 g/mol. The molecule has 6 nitrogen and oxygen atoms in total. The van der Waals surface area contributed by atoms with Crippen LogP contribution >= 0.6 is 0 Å². The van der Waals surface area contributed by atoms with Gasteiger partial charge in [0.1, 0.15) is 11.5 Å². The smallest absolute Gasteiger partial charge is 0.335 e. The predicted molar refractivity (Wildman–Crippen MR) is 86.3 cm³/mol. The Kier molecular flexibility index (Phi) is 5.78. The molecule has 0 saturated carbocycles. The molecule has 0 radical (unpaired) electrons. The molecule has 0 aliphatic heterocycles. The van der Waals surface area contributed by atoms with Gasteiger partial charge in [0.25, 0.3) is 0 Å². The maximum Gasteiger partial charge on any atom is 0.335 e. The van der Waals surface area contributed by atoms with E-state index in [1.54, 1.807) is 43.3 Å². The van der Waals surface area contributed by atoms with Crippen molar-refractivity contribution in [1.82, 2.24) is 0 Å². The van der Waals surface area contributed by atoms with Gasteiger partial charge in [0, 0.05) is 6.42 Å². The molecule has 2 aromatic carbocycles. The lowest BCUT2D eigenvalue weighted by Crippen LogP contribution is -2.29. The average molecular weight is 330 g/mol. The second kappa shape index (κ2) is 8.01. The largest absolute Gasteiger partial charge is 0.481 e. The lowest BCUT2D eigenvalue weighted by molar-refractivity contribution is -0.143. The van der Waals surface area contributed by atoms with Gasteiger partial charge < -0.3 is 19.7 Å². The number of hydrogen-bond donors (Lipinski definition) is 2. The molecule has 0 aromatic heterocycles. The number of para-hydroxylation sites is 1. The molecule has 0 saturated heterocycles. The van der Waals surface area contributed by atoms with Gasteiger partial charge in [-0.3, -0.25) is 4.79 Å². The van der Waals surface area contributed by atoms with E-state index < -0.39 is 24.1 Å². The van der Waals surface area contributed by atoms with Crippen LogP contribution in [0.3, 0.4) is 0 Å². The van der Waals surface area contributed by atoms with Crippen LogP contribution < -0.4 is 9.47 Å². The molecule has 2 unspecified atom stereocenters. The van der Waals surface area contributed by atoms with Crippen LogP contribution in [0.1, 0.15) is 23.7 Å². The summed E-state index contributed by atoms with van der Waals surface area (Å²) in [5, 5.41) is 18.1. The third-order valence-corrected chi connectivity index (χ3v) is 3.33. The minimum absolute atomic E-state index is 0.0808. The van der Waals surface area contributed by atoms with Crippen molar-refractivity contribution in [2.24, 2.45) is 5.92 Å². The van der Waals surface area contributed by atoms with Crippen LogP contribution in [-0.4, -0.2) is 28.4 Å². The number of aliphatic carboxylic acids is 1. The molecule has 2 atom stereocenters. The quantitative estimate of drug-likeness (QED) is 0.722. The first-order valence-corrected chi connectivity index (χ1v) is 7.40. The highest BCUT2D eigenvalue weighted by atomic mass is 16.7. The average Bonchev–Trinajstić information content (AvgIpc) is 2.55. The highest BCUT2D eigenvalue weighted by Crippen LogP contribution is 2.21. The summed E-state index contributed by atoms with van der Waals surface area (Å²) in [5.74, 6) is -1.87. The fourth-order valence-corrected chi connectivity index (χ4v) is 2.01. The van der Waals surface area contributed by atoms with E-state index in [0.717, 1.165) is 0 Å². The molecule has 0 fully saturated rings. The van der Waals surface area contributed by atoms with Crippen molar-refractivity contribution in [3.63, 3.8) is 0 Å². The number of carboxylic acids is 2. The number of benzene rings is 2. The number of aromatic carboxylic acids is 1. The molecule has 0 aliphatic carbocycles. The standard InChI is InChI=1S/C18H18O6/c1-12(17(19)20)10-16(23-14-7-3-2-4-8-14)24-15-9-5-6-13(11-15)18(21)22/h2-9,11-12,16H,10H2,1H3,(H,19,20)(H,21,22). The fourth-order valence-electron chi connectivity index (χ4n) is 2.01. The van der Waals surface area contributed by atoms with E-state index in [9.17, 15) is 9.59 Å². The Morgan fingerprint density at radius 1 is 0.958 bits per heavy atom. The SMILES string of the molecule is CC(CC(Oc1ccccc1)Oc1cccc(C(=O)O)c1)C(=O)O. The Hall–Kier alpha value is -3.02. The van der Waals surface area contributed by atoms with E-state index in [2.05, 4.69) is 0 Å².